The van der Waals surface area contributed by atoms with Crippen LogP contribution in [0.3, 0.4) is 0 Å². The largest absolute Gasteiger partial charge is 0.300 e. The van der Waals surface area contributed by atoms with Crippen LogP contribution >= 0.6 is 11.6 Å². The highest BCUT2D eigenvalue weighted by Gasteiger charge is 2.27. The maximum Gasteiger partial charge on any atom is 0.255 e. The van der Waals surface area contributed by atoms with E-state index in [4.69, 9.17) is 11.6 Å². The van der Waals surface area contributed by atoms with E-state index in [1.165, 1.54) is 0 Å². The van der Waals surface area contributed by atoms with Gasteiger partial charge < -0.3 is 4.90 Å². The fourth-order valence-corrected chi connectivity index (χ4v) is 2.32. The van der Waals surface area contributed by atoms with Crippen LogP contribution in [0.15, 0.2) is 11.0 Å². The van der Waals surface area contributed by atoms with Crippen molar-refractivity contribution in [3.05, 3.63) is 27.4 Å². The van der Waals surface area contributed by atoms with E-state index < -0.39 is 0 Å². The number of H-pyrrole nitrogens is 1. The number of aromatic nitrogens is 2. The molecular weight excluding hydrogens is 226 g/mol. The normalized spacial score (nSPS) is 21.9. The van der Waals surface area contributed by atoms with Crippen molar-refractivity contribution in [2.75, 3.05) is 13.1 Å². The van der Waals surface area contributed by atoms with Gasteiger partial charge in [-0.15, -0.1) is 0 Å². The van der Waals surface area contributed by atoms with Crippen molar-refractivity contribution in [2.24, 2.45) is 0 Å². The van der Waals surface area contributed by atoms with Gasteiger partial charge in [-0.1, -0.05) is 0 Å². The minimum absolute atomic E-state index is 0.101. The fourth-order valence-electron chi connectivity index (χ4n) is 2.18. The van der Waals surface area contributed by atoms with Crippen molar-refractivity contribution in [1.82, 2.24) is 14.9 Å². The molecular formula is C11H16ClN3O. The zero-order chi connectivity index (χ0) is 11.7. The van der Waals surface area contributed by atoms with Crippen molar-refractivity contribution in [3.63, 3.8) is 0 Å². The van der Waals surface area contributed by atoms with Crippen LogP contribution in [0, 0.1) is 0 Å². The third-order valence-corrected chi connectivity index (χ3v) is 3.38. The molecule has 5 heteroatoms. The molecule has 2 heterocycles. The van der Waals surface area contributed by atoms with Crippen molar-refractivity contribution in [1.29, 1.82) is 0 Å². The van der Waals surface area contributed by atoms with E-state index in [0.29, 0.717) is 6.04 Å². The fraction of sp³-hybridized carbons (Fsp3) is 0.636. The van der Waals surface area contributed by atoms with Crippen LogP contribution in [0.4, 0.5) is 0 Å². The predicted octanol–water partition coefficient (Wildman–Crippen LogP) is 1.62. The van der Waals surface area contributed by atoms with E-state index in [2.05, 4.69) is 28.7 Å². The number of rotatable bonds is 2. The van der Waals surface area contributed by atoms with Crippen LogP contribution in [-0.2, 0) is 0 Å². The van der Waals surface area contributed by atoms with Gasteiger partial charge in [-0.3, -0.25) is 9.78 Å². The summed E-state index contributed by atoms with van der Waals surface area (Å²) in [6.07, 6.45) is 2.63. The lowest BCUT2D eigenvalue weighted by atomic mass is 10.0. The first-order chi connectivity index (χ1) is 7.58. The molecule has 0 saturated carbocycles. The van der Waals surface area contributed by atoms with E-state index >= 15 is 0 Å². The lowest BCUT2D eigenvalue weighted by molar-refractivity contribution is 0.272. The standard InChI is InChI=1S/C11H16ClN3O/c1-7(2)15-4-3-8(6-15)9-5-13-11(12)14-10(9)16/h5,7-8H,3-4,6H2,1-2H3,(H,13,14,16). The monoisotopic (exact) mass is 241 g/mol. The third-order valence-electron chi connectivity index (χ3n) is 3.19. The Morgan fingerprint density at radius 3 is 2.94 bits per heavy atom. The minimum atomic E-state index is -0.101. The quantitative estimate of drug-likeness (QED) is 0.801. The van der Waals surface area contributed by atoms with E-state index in [9.17, 15) is 4.79 Å². The van der Waals surface area contributed by atoms with Gasteiger partial charge in [-0.2, -0.15) is 0 Å². The predicted molar refractivity (Wildman–Crippen MR) is 63.9 cm³/mol. The molecule has 88 valence electrons. The molecule has 1 N–H and O–H groups in total. The minimum Gasteiger partial charge on any atom is -0.300 e. The van der Waals surface area contributed by atoms with E-state index in [0.717, 1.165) is 25.1 Å². The van der Waals surface area contributed by atoms with Gasteiger partial charge in [-0.05, 0) is 38.4 Å². The summed E-state index contributed by atoms with van der Waals surface area (Å²) in [6.45, 7) is 6.33. The Hall–Kier alpha value is -0.870. The number of hydrogen-bond donors (Lipinski definition) is 1. The Morgan fingerprint density at radius 2 is 2.38 bits per heavy atom. The summed E-state index contributed by atoms with van der Waals surface area (Å²) in [5.41, 5.74) is 0.656. The maximum absolute atomic E-state index is 11.7. The molecule has 1 unspecified atom stereocenters. The lowest BCUT2D eigenvalue weighted by Gasteiger charge is -2.19. The van der Waals surface area contributed by atoms with Crippen LogP contribution in [-0.4, -0.2) is 34.0 Å². The van der Waals surface area contributed by atoms with Crippen molar-refractivity contribution < 1.29 is 0 Å². The van der Waals surface area contributed by atoms with Crippen LogP contribution < -0.4 is 5.56 Å². The van der Waals surface area contributed by atoms with Crippen LogP contribution in [0.5, 0.6) is 0 Å². The van der Waals surface area contributed by atoms with Gasteiger partial charge in [0.25, 0.3) is 5.56 Å². The van der Waals surface area contributed by atoms with Gasteiger partial charge in [0, 0.05) is 30.3 Å². The zero-order valence-electron chi connectivity index (χ0n) is 9.53. The molecule has 1 aromatic rings. The summed E-state index contributed by atoms with van der Waals surface area (Å²) < 4.78 is 0. The molecule has 0 bridgehead atoms. The SMILES string of the molecule is CC(C)N1CCC(c2cnc(Cl)[nH]c2=O)C1. The van der Waals surface area contributed by atoms with Gasteiger partial charge >= 0.3 is 0 Å². The Morgan fingerprint density at radius 1 is 1.62 bits per heavy atom. The molecule has 1 saturated heterocycles. The Bertz CT molecular complexity index is 429. The lowest BCUT2D eigenvalue weighted by Crippen LogP contribution is -2.28. The summed E-state index contributed by atoms with van der Waals surface area (Å²) in [5.74, 6) is 0.288. The van der Waals surface area contributed by atoms with E-state index in [1.807, 2.05) is 0 Å². The number of halogens is 1. The van der Waals surface area contributed by atoms with Crippen molar-refractivity contribution >= 4 is 11.6 Å². The molecule has 0 radical (unpaired) electrons. The number of hydrogen-bond acceptors (Lipinski definition) is 3. The second-order valence-electron chi connectivity index (χ2n) is 4.53. The first-order valence-corrected chi connectivity index (χ1v) is 5.94. The van der Waals surface area contributed by atoms with Crippen LogP contribution in [0.1, 0.15) is 31.7 Å². The highest BCUT2D eigenvalue weighted by Crippen LogP contribution is 2.25. The summed E-state index contributed by atoms with van der Waals surface area (Å²) in [6, 6.07) is 0.532. The summed E-state index contributed by atoms with van der Waals surface area (Å²) in [7, 11) is 0. The average Bonchev–Trinajstić information content (AvgIpc) is 2.66. The molecule has 0 spiro atoms. The highest BCUT2D eigenvalue weighted by molar-refractivity contribution is 6.28. The topological polar surface area (TPSA) is 49.0 Å². The van der Waals surface area contributed by atoms with Crippen LogP contribution in [0.25, 0.3) is 0 Å². The molecule has 1 aromatic heterocycles. The second kappa shape index (κ2) is 4.55. The van der Waals surface area contributed by atoms with Crippen molar-refractivity contribution in [3.8, 4) is 0 Å². The van der Waals surface area contributed by atoms with Gasteiger partial charge in [0.05, 0.1) is 0 Å². The smallest absolute Gasteiger partial charge is 0.255 e. The number of nitrogens with one attached hydrogen (secondary N) is 1. The van der Waals surface area contributed by atoms with E-state index in [-0.39, 0.29) is 16.8 Å². The molecule has 1 atom stereocenters. The Balaban J connectivity index is 2.18. The molecule has 1 aliphatic heterocycles. The molecule has 0 aromatic carbocycles. The van der Waals surface area contributed by atoms with E-state index in [1.54, 1.807) is 6.20 Å². The third kappa shape index (κ3) is 2.28. The first-order valence-electron chi connectivity index (χ1n) is 5.56. The number of nitrogens with zero attached hydrogens (tertiary/aromatic N) is 2. The molecule has 0 amide bonds. The van der Waals surface area contributed by atoms with Crippen LogP contribution in [0.2, 0.25) is 5.28 Å². The number of likely N-dealkylation sites (tertiary alicyclic amines) is 1. The van der Waals surface area contributed by atoms with Gasteiger partial charge in [-0.25, -0.2) is 4.98 Å². The molecule has 4 nitrogen and oxygen atoms in total. The molecule has 1 aliphatic rings. The number of aromatic amines is 1. The van der Waals surface area contributed by atoms with Gasteiger partial charge in [0.2, 0.25) is 5.28 Å². The summed E-state index contributed by atoms with van der Waals surface area (Å²) >= 11 is 5.63. The van der Waals surface area contributed by atoms with Crippen molar-refractivity contribution in [2.45, 2.75) is 32.2 Å². The molecule has 1 fully saturated rings. The molecule has 0 aliphatic carbocycles. The molecule has 2 rings (SSSR count). The Labute approximate surface area is 99.6 Å². The average molecular weight is 242 g/mol. The summed E-state index contributed by atoms with van der Waals surface area (Å²) in [4.78, 5) is 20.6. The highest BCUT2D eigenvalue weighted by atomic mass is 35.5. The summed E-state index contributed by atoms with van der Waals surface area (Å²) in [5, 5.41) is 0.160. The van der Waals surface area contributed by atoms with Gasteiger partial charge in [0.15, 0.2) is 0 Å². The molecule has 16 heavy (non-hydrogen) atoms. The first kappa shape index (κ1) is 11.6. The van der Waals surface area contributed by atoms with Gasteiger partial charge in [0.1, 0.15) is 0 Å². The zero-order valence-corrected chi connectivity index (χ0v) is 10.3. The Kier molecular flexibility index (Phi) is 3.30. The second-order valence-corrected chi connectivity index (χ2v) is 4.89. The maximum atomic E-state index is 11.7.